The molecule has 1 N–H and O–H groups in total. The van der Waals surface area contributed by atoms with Gasteiger partial charge in [0.15, 0.2) is 9.84 Å². The SMILES string of the molecule is CC1CS(=O)(=O)CCN1C(=O)CN1CCNCC1. The molecule has 2 rings (SSSR count). The Labute approximate surface area is 108 Å². The molecule has 1 atom stereocenters. The molecular formula is C11H21N3O3S. The van der Waals surface area contributed by atoms with Gasteiger partial charge in [0.2, 0.25) is 5.91 Å². The summed E-state index contributed by atoms with van der Waals surface area (Å²) in [5, 5.41) is 3.24. The van der Waals surface area contributed by atoms with Gasteiger partial charge >= 0.3 is 0 Å². The quantitative estimate of drug-likeness (QED) is 0.667. The Morgan fingerprint density at radius 1 is 1.28 bits per heavy atom. The number of hydrogen-bond donors (Lipinski definition) is 1. The van der Waals surface area contributed by atoms with Gasteiger partial charge in [0.05, 0.1) is 18.1 Å². The Morgan fingerprint density at radius 3 is 2.56 bits per heavy atom. The van der Waals surface area contributed by atoms with Crippen molar-refractivity contribution in [3.8, 4) is 0 Å². The molecule has 2 fully saturated rings. The molecule has 0 bridgehead atoms. The summed E-state index contributed by atoms with van der Waals surface area (Å²) in [6.07, 6.45) is 0. The normalized spacial score (nSPS) is 29.2. The summed E-state index contributed by atoms with van der Waals surface area (Å²) in [4.78, 5) is 16.0. The number of hydrogen-bond acceptors (Lipinski definition) is 5. The lowest BCUT2D eigenvalue weighted by atomic mass is 10.2. The molecule has 7 heteroatoms. The first-order valence-corrected chi connectivity index (χ1v) is 8.23. The minimum Gasteiger partial charge on any atom is -0.337 e. The van der Waals surface area contributed by atoms with E-state index in [1.54, 1.807) is 4.90 Å². The lowest BCUT2D eigenvalue weighted by Crippen LogP contribution is -2.54. The summed E-state index contributed by atoms with van der Waals surface area (Å²) in [6.45, 7) is 6.15. The van der Waals surface area contributed by atoms with Crippen molar-refractivity contribution in [1.29, 1.82) is 0 Å². The minimum atomic E-state index is -2.95. The molecular weight excluding hydrogens is 254 g/mol. The van der Waals surface area contributed by atoms with E-state index in [1.807, 2.05) is 6.92 Å². The average molecular weight is 275 g/mol. The third kappa shape index (κ3) is 3.43. The Balaban J connectivity index is 1.89. The molecule has 2 aliphatic heterocycles. The number of carbonyl (C=O) groups is 1. The van der Waals surface area contributed by atoms with Gasteiger partial charge in [0, 0.05) is 38.8 Å². The summed E-state index contributed by atoms with van der Waals surface area (Å²) in [5.41, 5.74) is 0. The highest BCUT2D eigenvalue weighted by Crippen LogP contribution is 2.12. The molecule has 0 radical (unpaired) electrons. The lowest BCUT2D eigenvalue weighted by Gasteiger charge is -2.35. The summed E-state index contributed by atoms with van der Waals surface area (Å²) in [5.74, 6) is 0.254. The van der Waals surface area contributed by atoms with E-state index in [0.29, 0.717) is 13.1 Å². The standard InChI is InChI=1S/C11H21N3O3S/c1-10-9-18(16,17)7-6-14(10)11(15)8-13-4-2-12-3-5-13/h10,12H,2-9H2,1H3. The van der Waals surface area contributed by atoms with Crippen LogP contribution < -0.4 is 5.32 Å². The van der Waals surface area contributed by atoms with Gasteiger partial charge in [-0.15, -0.1) is 0 Å². The summed E-state index contributed by atoms with van der Waals surface area (Å²) < 4.78 is 22.9. The number of rotatable bonds is 2. The van der Waals surface area contributed by atoms with E-state index in [1.165, 1.54) is 0 Å². The second kappa shape index (κ2) is 5.54. The number of piperazine rings is 1. The topological polar surface area (TPSA) is 69.7 Å². The van der Waals surface area contributed by atoms with Crippen LogP contribution in [0.2, 0.25) is 0 Å². The van der Waals surface area contributed by atoms with E-state index in [2.05, 4.69) is 10.2 Å². The van der Waals surface area contributed by atoms with E-state index in [9.17, 15) is 13.2 Å². The van der Waals surface area contributed by atoms with Crippen molar-refractivity contribution in [2.75, 3.05) is 50.8 Å². The second-order valence-electron chi connectivity index (χ2n) is 5.08. The molecule has 1 unspecified atom stereocenters. The van der Waals surface area contributed by atoms with Gasteiger partial charge < -0.3 is 10.2 Å². The highest BCUT2D eigenvalue weighted by atomic mass is 32.2. The Morgan fingerprint density at radius 2 is 1.94 bits per heavy atom. The molecule has 2 aliphatic rings. The summed E-state index contributed by atoms with van der Waals surface area (Å²) in [6, 6.07) is -0.195. The van der Waals surface area contributed by atoms with Crippen LogP contribution in [-0.2, 0) is 14.6 Å². The van der Waals surface area contributed by atoms with Crippen LogP contribution >= 0.6 is 0 Å². The molecule has 0 aromatic carbocycles. The fourth-order valence-electron chi connectivity index (χ4n) is 2.52. The Bertz CT molecular complexity index is 404. The van der Waals surface area contributed by atoms with Crippen LogP contribution in [-0.4, -0.2) is 80.9 Å². The molecule has 0 saturated carbocycles. The average Bonchev–Trinajstić information content (AvgIpc) is 2.28. The van der Waals surface area contributed by atoms with E-state index >= 15 is 0 Å². The second-order valence-corrected chi connectivity index (χ2v) is 7.31. The highest BCUT2D eigenvalue weighted by Gasteiger charge is 2.31. The zero-order chi connectivity index (χ0) is 13.2. The molecule has 2 heterocycles. The first-order chi connectivity index (χ1) is 8.48. The number of carbonyl (C=O) groups excluding carboxylic acids is 1. The van der Waals surface area contributed by atoms with Crippen molar-refractivity contribution in [3.05, 3.63) is 0 Å². The van der Waals surface area contributed by atoms with Gasteiger partial charge in [-0.3, -0.25) is 9.69 Å². The highest BCUT2D eigenvalue weighted by molar-refractivity contribution is 7.91. The molecule has 6 nitrogen and oxygen atoms in total. The van der Waals surface area contributed by atoms with Gasteiger partial charge in [0.25, 0.3) is 0 Å². The van der Waals surface area contributed by atoms with Crippen LogP contribution in [0.25, 0.3) is 0 Å². The van der Waals surface area contributed by atoms with Gasteiger partial charge in [-0.2, -0.15) is 0 Å². The van der Waals surface area contributed by atoms with Crippen molar-refractivity contribution in [3.63, 3.8) is 0 Å². The summed E-state index contributed by atoms with van der Waals surface area (Å²) >= 11 is 0. The van der Waals surface area contributed by atoms with E-state index < -0.39 is 9.84 Å². The maximum Gasteiger partial charge on any atom is 0.237 e. The number of amides is 1. The van der Waals surface area contributed by atoms with Crippen LogP contribution in [0.4, 0.5) is 0 Å². The first kappa shape index (κ1) is 13.8. The fraction of sp³-hybridized carbons (Fsp3) is 0.909. The number of nitrogens with zero attached hydrogens (tertiary/aromatic N) is 2. The van der Waals surface area contributed by atoms with E-state index in [-0.39, 0.29) is 23.5 Å². The van der Waals surface area contributed by atoms with Crippen LogP contribution in [0.1, 0.15) is 6.92 Å². The number of sulfone groups is 1. The third-order valence-corrected chi connectivity index (χ3v) is 5.35. The van der Waals surface area contributed by atoms with Gasteiger partial charge in [-0.05, 0) is 6.92 Å². The van der Waals surface area contributed by atoms with Crippen LogP contribution in [0, 0.1) is 0 Å². The van der Waals surface area contributed by atoms with Gasteiger partial charge in [0.1, 0.15) is 0 Å². The minimum absolute atomic E-state index is 0.0549. The smallest absolute Gasteiger partial charge is 0.237 e. The van der Waals surface area contributed by atoms with Crippen molar-refractivity contribution in [1.82, 2.24) is 15.1 Å². The van der Waals surface area contributed by atoms with Crippen molar-refractivity contribution < 1.29 is 13.2 Å². The third-order valence-electron chi connectivity index (χ3n) is 3.56. The first-order valence-electron chi connectivity index (χ1n) is 6.41. The van der Waals surface area contributed by atoms with E-state index in [0.717, 1.165) is 26.2 Å². The Hall–Kier alpha value is -0.660. The van der Waals surface area contributed by atoms with Crippen LogP contribution in [0.5, 0.6) is 0 Å². The predicted molar refractivity (Wildman–Crippen MR) is 69.1 cm³/mol. The number of nitrogens with one attached hydrogen (secondary N) is 1. The van der Waals surface area contributed by atoms with E-state index in [4.69, 9.17) is 0 Å². The van der Waals surface area contributed by atoms with Crippen molar-refractivity contribution in [2.24, 2.45) is 0 Å². The monoisotopic (exact) mass is 275 g/mol. The summed E-state index contributed by atoms with van der Waals surface area (Å²) in [7, 11) is -2.95. The van der Waals surface area contributed by atoms with Crippen LogP contribution in [0.15, 0.2) is 0 Å². The van der Waals surface area contributed by atoms with Gasteiger partial charge in [-0.1, -0.05) is 0 Å². The molecule has 104 valence electrons. The molecule has 0 aromatic heterocycles. The van der Waals surface area contributed by atoms with Crippen LogP contribution in [0.3, 0.4) is 0 Å². The molecule has 18 heavy (non-hydrogen) atoms. The van der Waals surface area contributed by atoms with Crippen molar-refractivity contribution in [2.45, 2.75) is 13.0 Å². The fourth-order valence-corrected chi connectivity index (χ4v) is 4.08. The zero-order valence-corrected chi connectivity index (χ0v) is 11.6. The molecule has 0 spiro atoms. The zero-order valence-electron chi connectivity index (χ0n) is 10.8. The molecule has 0 aromatic rings. The predicted octanol–water partition coefficient (Wildman–Crippen LogP) is -1.46. The maximum absolute atomic E-state index is 12.2. The van der Waals surface area contributed by atoms with Gasteiger partial charge in [-0.25, -0.2) is 8.42 Å². The molecule has 1 amide bonds. The maximum atomic E-state index is 12.2. The molecule has 0 aliphatic carbocycles. The molecule has 2 saturated heterocycles. The Kier molecular flexibility index (Phi) is 4.24. The largest absolute Gasteiger partial charge is 0.337 e. The van der Waals surface area contributed by atoms with Crippen molar-refractivity contribution >= 4 is 15.7 Å². The lowest BCUT2D eigenvalue weighted by molar-refractivity contribution is -0.134.